The highest BCUT2D eigenvalue weighted by atomic mass is 16.3. The number of piperazine rings is 1. The van der Waals surface area contributed by atoms with E-state index in [1.54, 1.807) is 0 Å². The molecule has 0 aromatic carbocycles. The lowest BCUT2D eigenvalue weighted by atomic mass is 10.1. The van der Waals surface area contributed by atoms with Gasteiger partial charge >= 0.3 is 0 Å². The highest BCUT2D eigenvalue weighted by Crippen LogP contribution is 2.19. The first-order valence-electron chi connectivity index (χ1n) is 8.82. The second kappa shape index (κ2) is 7.96. The van der Waals surface area contributed by atoms with E-state index in [9.17, 15) is 5.11 Å². The number of aliphatic hydroxyl groups is 1. The summed E-state index contributed by atoms with van der Waals surface area (Å²) in [6.45, 7) is 9.94. The molecule has 2 aromatic heterocycles. The highest BCUT2D eigenvalue weighted by molar-refractivity contribution is 5.07. The van der Waals surface area contributed by atoms with Crippen LogP contribution in [0.3, 0.4) is 0 Å². The van der Waals surface area contributed by atoms with Crippen LogP contribution in [0.2, 0.25) is 0 Å². The Morgan fingerprint density at radius 3 is 2.83 bits per heavy atom. The third-order valence-electron chi connectivity index (χ3n) is 4.72. The van der Waals surface area contributed by atoms with Gasteiger partial charge in [0.15, 0.2) is 0 Å². The molecule has 132 valence electrons. The lowest BCUT2D eigenvalue weighted by molar-refractivity contribution is 0.0454. The normalized spacial score (nSPS) is 19.9. The summed E-state index contributed by atoms with van der Waals surface area (Å²) in [5, 5.41) is 13.8. The highest BCUT2D eigenvalue weighted by Gasteiger charge is 2.27. The minimum atomic E-state index is 0.222. The first-order valence-corrected chi connectivity index (χ1v) is 8.82. The minimum Gasteiger partial charge on any atom is -0.465 e. The number of aliphatic hydroxyl groups excluding tert-OH is 1. The summed E-state index contributed by atoms with van der Waals surface area (Å²) in [7, 11) is 0. The Balaban J connectivity index is 1.59. The van der Waals surface area contributed by atoms with E-state index in [-0.39, 0.29) is 6.61 Å². The van der Waals surface area contributed by atoms with Gasteiger partial charge in [0.1, 0.15) is 11.5 Å². The first kappa shape index (κ1) is 17.2. The average Bonchev–Trinajstić information content (AvgIpc) is 3.19. The van der Waals surface area contributed by atoms with Crippen molar-refractivity contribution in [2.75, 3.05) is 26.2 Å². The molecule has 0 radical (unpaired) electrons. The summed E-state index contributed by atoms with van der Waals surface area (Å²) < 4.78 is 7.69. The maximum atomic E-state index is 9.44. The van der Waals surface area contributed by atoms with Gasteiger partial charge in [-0.15, -0.1) is 0 Å². The van der Waals surface area contributed by atoms with Crippen molar-refractivity contribution < 1.29 is 9.52 Å². The molecule has 0 amide bonds. The topological polar surface area (TPSA) is 57.7 Å². The summed E-state index contributed by atoms with van der Waals surface area (Å²) >= 11 is 0. The summed E-state index contributed by atoms with van der Waals surface area (Å²) in [4.78, 5) is 4.89. The number of hydrogen-bond acceptors (Lipinski definition) is 5. The predicted molar refractivity (Wildman–Crippen MR) is 92.5 cm³/mol. The van der Waals surface area contributed by atoms with Gasteiger partial charge in [-0.05, 0) is 32.4 Å². The smallest absolute Gasteiger partial charge is 0.118 e. The van der Waals surface area contributed by atoms with Crippen LogP contribution in [0.4, 0.5) is 0 Å². The molecule has 1 saturated heterocycles. The van der Waals surface area contributed by atoms with Crippen LogP contribution in [0.5, 0.6) is 0 Å². The summed E-state index contributed by atoms with van der Waals surface area (Å²) in [5.74, 6) is 1.96. The second-order valence-corrected chi connectivity index (χ2v) is 6.59. The van der Waals surface area contributed by atoms with Crippen molar-refractivity contribution in [2.24, 2.45) is 0 Å². The lowest BCUT2D eigenvalue weighted by Gasteiger charge is -2.41. The van der Waals surface area contributed by atoms with Gasteiger partial charge in [-0.3, -0.25) is 14.5 Å². The number of aryl methyl sites for hydroxylation is 2. The van der Waals surface area contributed by atoms with Crippen LogP contribution < -0.4 is 0 Å². The van der Waals surface area contributed by atoms with Crippen LogP contribution in [-0.2, 0) is 19.6 Å². The van der Waals surface area contributed by atoms with Crippen molar-refractivity contribution in [3.8, 4) is 0 Å². The Labute approximate surface area is 143 Å². The van der Waals surface area contributed by atoms with Crippen LogP contribution in [0, 0.1) is 6.92 Å². The van der Waals surface area contributed by atoms with Crippen LogP contribution in [-0.4, -0.2) is 57.0 Å². The molecule has 2 aromatic rings. The van der Waals surface area contributed by atoms with Gasteiger partial charge in [0.05, 0.1) is 12.7 Å². The number of hydrogen-bond donors (Lipinski definition) is 1. The molecule has 1 N–H and O–H groups in total. The monoisotopic (exact) mass is 332 g/mol. The molecule has 3 heterocycles. The predicted octanol–water partition coefficient (Wildman–Crippen LogP) is 1.87. The van der Waals surface area contributed by atoms with E-state index in [4.69, 9.17) is 4.42 Å². The van der Waals surface area contributed by atoms with Gasteiger partial charge in [-0.2, -0.15) is 5.10 Å². The van der Waals surface area contributed by atoms with E-state index in [0.29, 0.717) is 6.04 Å². The van der Waals surface area contributed by atoms with Gasteiger partial charge in [0.2, 0.25) is 0 Å². The third-order valence-corrected chi connectivity index (χ3v) is 4.72. The molecule has 0 spiro atoms. The number of furan rings is 1. The van der Waals surface area contributed by atoms with E-state index in [1.807, 2.05) is 23.9 Å². The van der Waals surface area contributed by atoms with Gasteiger partial charge < -0.3 is 9.52 Å². The molecular weight excluding hydrogens is 304 g/mol. The SMILES string of the molecule is CCn1cc(CN2CCN(Cc3ccc(C)o3)[C@H](CCO)C2)cn1. The molecule has 1 atom stereocenters. The molecule has 24 heavy (non-hydrogen) atoms. The van der Waals surface area contributed by atoms with E-state index >= 15 is 0 Å². The van der Waals surface area contributed by atoms with Crippen LogP contribution in [0.25, 0.3) is 0 Å². The molecule has 6 nitrogen and oxygen atoms in total. The van der Waals surface area contributed by atoms with Gasteiger partial charge in [0, 0.05) is 57.1 Å². The van der Waals surface area contributed by atoms with Gasteiger partial charge in [-0.25, -0.2) is 0 Å². The zero-order valence-electron chi connectivity index (χ0n) is 14.7. The Morgan fingerprint density at radius 1 is 1.29 bits per heavy atom. The molecule has 0 aliphatic carbocycles. The van der Waals surface area contributed by atoms with E-state index in [1.165, 1.54) is 5.56 Å². The van der Waals surface area contributed by atoms with Crippen LogP contribution in [0.15, 0.2) is 28.9 Å². The zero-order chi connectivity index (χ0) is 16.9. The quantitative estimate of drug-likeness (QED) is 0.839. The third kappa shape index (κ3) is 4.26. The lowest BCUT2D eigenvalue weighted by Crippen LogP contribution is -2.52. The fraction of sp³-hybridized carbons (Fsp3) is 0.611. The van der Waals surface area contributed by atoms with Crippen molar-refractivity contribution in [3.63, 3.8) is 0 Å². The summed E-state index contributed by atoms with van der Waals surface area (Å²) in [6, 6.07) is 4.42. The fourth-order valence-electron chi connectivity index (χ4n) is 3.42. The molecular formula is C18H28N4O2. The number of aromatic nitrogens is 2. The maximum absolute atomic E-state index is 9.44. The molecule has 1 aliphatic heterocycles. The van der Waals surface area contributed by atoms with Crippen molar-refractivity contribution >= 4 is 0 Å². The first-order chi connectivity index (χ1) is 11.7. The molecule has 6 heteroatoms. The van der Waals surface area contributed by atoms with Crippen LogP contribution in [0.1, 0.15) is 30.4 Å². The zero-order valence-corrected chi connectivity index (χ0v) is 14.7. The van der Waals surface area contributed by atoms with Gasteiger partial charge in [0.25, 0.3) is 0 Å². The Kier molecular flexibility index (Phi) is 5.71. The Hall–Kier alpha value is -1.63. The fourth-order valence-corrected chi connectivity index (χ4v) is 3.42. The average molecular weight is 332 g/mol. The van der Waals surface area contributed by atoms with Crippen molar-refractivity contribution in [3.05, 3.63) is 41.6 Å². The standard InChI is InChI=1S/C18H28N4O2/c1-3-22-12-16(10-19-22)11-20-7-8-21(17(13-20)6-9-23)14-18-5-4-15(2)24-18/h4-5,10,12,17,23H,3,6-9,11,13-14H2,1-2H3/t17-/m1/s1. The minimum absolute atomic E-state index is 0.222. The Morgan fingerprint density at radius 2 is 2.17 bits per heavy atom. The van der Waals surface area contributed by atoms with Crippen molar-refractivity contribution in [2.45, 2.75) is 45.9 Å². The van der Waals surface area contributed by atoms with E-state index in [0.717, 1.165) is 57.2 Å². The largest absolute Gasteiger partial charge is 0.465 e. The maximum Gasteiger partial charge on any atom is 0.118 e. The molecule has 1 aliphatic rings. The van der Waals surface area contributed by atoms with E-state index in [2.05, 4.69) is 34.1 Å². The molecule has 3 rings (SSSR count). The second-order valence-electron chi connectivity index (χ2n) is 6.59. The van der Waals surface area contributed by atoms with Gasteiger partial charge in [-0.1, -0.05) is 0 Å². The Bertz CT molecular complexity index is 637. The van der Waals surface area contributed by atoms with Crippen molar-refractivity contribution in [1.29, 1.82) is 0 Å². The molecule has 1 fully saturated rings. The molecule has 0 bridgehead atoms. The van der Waals surface area contributed by atoms with E-state index < -0.39 is 0 Å². The summed E-state index contributed by atoms with van der Waals surface area (Å²) in [6.07, 6.45) is 4.88. The molecule has 0 unspecified atom stereocenters. The van der Waals surface area contributed by atoms with Crippen LogP contribution >= 0.6 is 0 Å². The van der Waals surface area contributed by atoms with Crippen molar-refractivity contribution in [1.82, 2.24) is 19.6 Å². The molecule has 0 saturated carbocycles. The summed E-state index contributed by atoms with van der Waals surface area (Å²) in [5.41, 5.74) is 1.26. The number of rotatable bonds is 7. The number of nitrogens with zero attached hydrogens (tertiary/aromatic N) is 4.